The summed E-state index contributed by atoms with van der Waals surface area (Å²) in [6, 6.07) is 15.2. The van der Waals surface area contributed by atoms with Crippen LogP contribution in [0.2, 0.25) is 0 Å². The van der Waals surface area contributed by atoms with Crippen molar-refractivity contribution >= 4 is 39.0 Å². The average Bonchev–Trinajstić information content (AvgIpc) is 3.14. The Kier molecular flexibility index (Phi) is 4.59. The summed E-state index contributed by atoms with van der Waals surface area (Å²) >= 11 is 1.50. The number of thiazole rings is 1. The second-order valence-corrected chi connectivity index (χ2v) is 8.33. The second kappa shape index (κ2) is 7.42. The van der Waals surface area contributed by atoms with Gasteiger partial charge in [-0.3, -0.25) is 4.79 Å². The Morgan fingerprint density at radius 3 is 2.67 bits per heavy atom. The van der Waals surface area contributed by atoms with Crippen LogP contribution in [-0.4, -0.2) is 21.0 Å². The van der Waals surface area contributed by atoms with Crippen LogP contribution in [0.5, 0.6) is 0 Å². The molecule has 4 aromatic rings. The minimum atomic E-state index is -1.23. The monoisotopic (exact) mass is 417 g/mol. The van der Waals surface area contributed by atoms with E-state index >= 15 is 0 Å². The van der Waals surface area contributed by atoms with E-state index in [9.17, 15) is 14.7 Å². The van der Waals surface area contributed by atoms with E-state index in [4.69, 9.17) is 4.98 Å². The number of aromatic carboxylic acids is 1. The van der Waals surface area contributed by atoms with Crippen LogP contribution in [0.25, 0.3) is 22.2 Å². The van der Waals surface area contributed by atoms with Crippen molar-refractivity contribution < 1.29 is 9.90 Å². The molecule has 2 aromatic heterocycles. The fourth-order valence-corrected chi connectivity index (χ4v) is 4.60. The van der Waals surface area contributed by atoms with Gasteiger partial charge in [-0.2, -0.15) is 0 Å². The summed E-state index contributed by atoms with van der Waals surface area (Å²) in [4.78, 5) is 31.4. The number of H-pyrrole nitrogens is 1. The van der Waals surface area contributed by atoms with Crippen LogP contribution < -0.4 is 10.9 Å². The molecule has 150 valence electrons. The molecule has 3 N–H and O–H groups in total. The van der Waals surface area contributed by atoms with Gasteiger partial charge in [-0.25, -0.2) is 9.78 Å². The van der Waals surface area contributed by atoms with E-state index in [1.807, 2.05) is 41.8 Å². The molecule has 30 heavy (non-hydrogen) atoms. The van der Waals surface area contributed by atoms with Crippen LogP contribution in [0, 0.1) is 0 Å². The van der Waals surface area contributed by atoms with Gasteiger partial charge in [0.1, 0.15) is 5.56 Å². The van der Waals surface area contributed by atoms with Crippen molar-refractivity contribution in [2.24, 2.45) is 0 Å². The highest BCUT2D eigenvalue weighted by Gasteiger charge is 2.26. The van der Waals surface area contributed by atoms with Gasteiger partial charge in [0.2, 0.25) is 0 Å². The number of anilines is 2. The molecule has 1 saturated carbocycles. The quantitative estimate of drug-likeness (QED) is 0.406. The minimum absolute atomic E-state index is 0.255. The normalized spacial score (nSPS) is 13.9. The molecular formula is C23H19N3O3S. The van der Waals surface area contributed by atoms with Crippen molar-refractivity contribution in [3.05, 3.63) is 75.4 Å². The first kappa shape index (κ1) is 18.6. The van der Waals surface area contributed by atoms with Gasteiger partial charge in [0.25, 0.3) is 5.56 Å². The molecule has 0 spiro atoms. The molecule has 0 atom stereocenters. The highest BCUT2D eigenvalue weighted by Crippen LogP contribution is 2.44. The number of pyridine rings is 1. The topological polar surface area (TPSA) is 95.1 Å². The molecule has 0 bridgehead atoms. The fraction of sp³-hybridized carbons (Fsp3) is 0.174. The summed E-state index contributed by atoms with van der Waals surface area (Å²) in [5.41, 5.74) is 3.58. The number of rotatable bonds is 5. The molecule has 7 heteroatoms. The Balaban J connectivity index is 1.65. The van der Waals surface area contributed by atoms with Crippen LogP contribution >= 0.6 is 11.3 Å². The number of carboxylic acids is 1. The molecule has 2 heterocycles. The number of nitrogens with zero attached hydrogens (tertiary/aromatic N) is 1. The number of fused-ring (bicyclic) bond motifs is 1. The average molecular weight is 417 g/mol. The first-order chi connectivity index (χ1) is 14.6. The number of hydrogen-bond acceptors (Lipinski definition) is 5. The largest absolute Gasteiger partial charge is 0.477 e. The smallest absolute Gasteiger partial charge is 0.341 e. The van der Waals surface area contributed by atoms with Crippen LogP contribution in [-0.2, 0) is 0 Å². The highest BCUT2D eigenvalue weighted by molar-refractivity contribution is 7.14. The number of nitrogens with one attached hydrogen (secondary N) is 2. The zero-order valence-corrected chi connectivity index (χ0v) is 16.8. The molecule has 0 aliphatic heterocycles. The van der Waals surface area contributed by atoms with Gasteiger partial charge >= 0.3 is 5.97 Å². The molecule has 0 saturated heterocycles. The van der Waals surface area contributed by atoms with E-state index in [0.717, 1.165) is 40.5 Å². The van der Waals surface area contributed by atoms with Gasteiger partial charge in [0.05, 0.1) is 11.2 Å². The maximum absolute atomic E-state index is 12.4. The predicted octanol–water partition coefficient (Wildman–Crippen LogP) is 5.36. The summed E-state index contributed by atoms with van der Waals surface area (Å²) in [5.74, 6) is -0.801. The maximum Gasteiger partial charge on any atom is 0.341 e. The summed E-state index contributed by atoms with van der Waals surface area (Å²) in [5, 5.41) is 16.0. The first-order valence-electron chi connectivity index (χ1n) is 9.81. The third kappa shape index (κ3) is 3.27. The highest BCUT2D eigenvalue weighted by atomic mass is 32.1. The Morgan fingerprint density at radius 2 is 1.97 bits per heavy atom. The SMILES string of the molecule is O=C(O)c1cc2ccc(C3CCC3)c(-c3csc(Nc4ccccc4)n3)c2[nH]c1=O. The van der Waals surface area contributed by atoms with Crippen molar-refractivity contribution in [2.75, 3.05) is 5.32 Å². The summed E-state index contributed by atoms with van der Waals surface area (Å²) < 4.78 is 0. The van der Waals surface area contributed by atoms with Crippen molar-refractivity contribution in [3.8, 4) is 11.3 Å². The third-order valence-corrected chi connectivity index (χ3v) is 6.37. The molecule has 6 nitrogen and oxygen atoms in total. The fourth-order valence-electron chi connectivity index (χ4n) is 3.88. The molecule has 2 aromatic carbocycles. The molecule has 0 radical (unpaired) electrons. The summed E-state index contributed by atoms with van der Waals surface area (Å²) in [6.07, 6.45) is 3.40. The molecule has 0 amide bonds. The van der Waals surface area contributed by atoms with Gasteiger partial charge in [0.15, 0.2) is 5.13 Å². The van der Waals surface area contributed by atoms with Crippen LogP contribution in [0.4, 0.5) is 10.8 Å². The number of aromatic nitrogens is 2. The Hall–Kier alpha value is -3.45. The number of carboxylic acid groups (broad SMARTS) is 1. The number of para-hydroxylation sites is 1. The number of hydrogen-bond donors (Lipinski definition) is 3. The molecular weight excluding hydrogens is 398 g/mol. The van der Waals surface area contributed by atoms with E-state index in [0.29, 0.717) is 16.8 Å². The van der Waals surface area contributed by atoms with Gasteiger partial charge < -0.3 is 15.4 Å². The molecule has 0 unspecified atom stereocenters. The number of benzene rings is 2. The zero-order valence-electron chi connectivity index (χ0n) is 16.0. The Morgan fingerprint density at radius 1 is 1.17 bits per heavy atom. The zero-order chi connectivity index (χ0) is 20.7. The lowest BCUT2D eigenvalue weighted by atomic mass is 9.77. The summed E-state index contributed by atoms with van der Waals surface area (Å²) in [6.45, 7) is 0. The van der Waals surface area contributed by atoms with Crippen molar-refractivity contribution in [3.63, 3.8) is 0 Å². The van der Waals surface area contributed by atoms with Crippen molar-refractivity contribution in [2.45, 2.75) is 25.2 Å². The second-order valence-electron chi connectivity index (χ2n) is 7.47. The van der Waals surface area contributed by atoms with Gasteiger partial charge in [-0.1, -0.05) is 36.8 Å². The van der Waals surface area contributed by atoms with E-state index < -0.39 is 11.5 Å². The van der Waals surface area contributed by atoms with Crippen LogP contribution in [0.1, 0.15) is 41.1 Å². The van der Waals surface area contributed by atoms with Gasteiger partial charge in [-0.15, -0.1) is 11.3 Å². The molecule has 1 aliphatic rings. The van der Waals surface area contributed by atoms with Crippen molar-refractivity contribution in [1.82, 2.24) is 9.97 Å². The number of aromatic amines is 1. The van der Waals surface area contributed by atoms with Gasteiger partial charge in [-0.05, 0) is 47.9 Å². The van der Waals surface area contributed by atoms with Gasteiger partial charge in [0, 0.05) is 16.6 Å². The maximum atomic E-state index is 12.4. The van der Waals surface area contributed by atoms with E-state index in [1.54, 1.807) is 0 Å². The molecule has 1 aliphatic carbocycles. The van der Waals surface area contributed by atoms with E-state index in [2.05, 4.69) is 16.4 Å². The Bertz CT molecular complexity index is 1310. The van der Waals surface area contributed by atoms with E-state index in [1.165, 1.54) is 23.8 Å². The minimum Gasteiger partial charge on any atom is -0.477 e. The Labute approximate surface area is 176 Å². The third-order valence-electron chi connectivity index (χ3n) is 5.61. The first-order valence-corrected chi connectivity index (χ1v) is 10.7. The van der Waals surface area contributed by atoms with E-state index in [-0.39, 0.29) is 5.56 Å². The lowest BCUT2D eigenvalue weighted by Crippen LogP contribution is -2.18. The lowest BCUT2D eigenvalue weighted by molar-refractivity contribution is 0.0695. The molecule has 5 rings (SSSR count). The molecule has 1 fully saturated rings. The van der Waals surface area contributed by atoms with Crippen LogP contribution in [0.3, 0.4) is 0 Å². The number of carbonyl (C=O) groups is 1. The van der Waals surface area contributed by atoms with Crippen molar-refractivity contribution in [1.29, 1.82) is 0 Å². The lowest BCUT2D eigenvalue weighted by Gasteiger charge is -2.28. The van der Waals surface area contributed by atoms with Crippen LogP contribution in [0.15, 0.2) is 58.7 Å². The standard InChI is InChI=1S/C23H19N3O3S/c27-21-17(22(28)29)11-14-9-10-16(13-5-4-6-13)19(20(14)26-21)18-12-30-23(25-18)24-15-7-2-1-3-8-15/h1-3,7-13H,4-6H2,(H,24,25)(H,26,27)(H,28,29). The predicted molar refractivity (Wildman–Crippen MR) is 119 cm³/mol. The summed E-state index contributed by atoms with van der Waals surface area (Å²) in [7, 11) is 0.